The van der Waals surface area contributed by atoms with Crippen molar-refractivity contribution in [2.24, 2.45) is 0 Å². The van der Waals surface area contributed by atoms with E-state index >= 15 is 0 Å². The van der Waals surface area contributed by atoms with E-state index in [9.17, 15) is 4.79 Å². The van der Waals surface area contributed by atoms with Gasteiger partial charge in [-0.25, -0.2) is 4.98 Å². The minimum atomic E-state index is -0.247. The van der Waals surface area contributed by atoms with Gasteiger partial charge < -0.3 is 23.7 Å². The molecule has 7 heteroatoms. The first kappa shape index (κ1) is 20.8. The summed E-state index contributed by atoms with van der Waals surface area (Å²) in [5, 5.41) is 0. The number of aromatic nitrogens is 2. The molecular formula is C25H29N3O4. The van der Waals surface area contributed by atoms with E-state index in [4.69, 9.17) is 19.2 Å². The summed E-state index contributed by atoms with van der Waals surface area (Å²) in [5.74, 6) is 2.44. The van der Waals surface area contributed by atoms with Gasteiger partial charge in [-0.15, -0.1) is 0 Å². The maximum Gasteiger partial charge on any atom is 0.251 e. The molecule has 7 nitrogen and oxygen atoms in total. The monoisotopic (exact) mass is 435 g/mol. The summed E-state index contributed by atoms with van der Waals surface area (Å²) >= 11 is 0. The number of benzene rings is 2. The Labute approximate surface area is 187 Å². The SMILES string of the molecule is COc1ccc(-c2nc3ccccc3n2C2CCN(C(=O)C3CCCO3)CC2)cc1OC. The number of nitrogens with zero attached hydrogens (tertiary/aromatic N) is 3. The predicted molar refractivity (Wildman–Crippen MR) is 122 cm³/mol. The largest absolute Gasteiger partial charge is 0.493 e. The van der Waals surface area contributed by atoms with Gasteiger partial charge in [-0.2, -0.15) is 0 Å². The van der Waals surface area contributed by atoms with Crippen molar-refractivity contribution in [2.45, 2.75) is 37.8 Å². The molecule has 0 radical (unpaired) electrons. The van der Waals surface area contributed by atoms with Crippen molar-refractivity contribution in [3.05, 3.63) is 42.5 Å². The number of para-hydroxylation sites is 2. The van der Waals surface area contributed by atoms with E-state index in [0.29, 0.717) is 18.1 Å². The normalized spacial score (nSPS) is 19.4. The van der Waals surface area contributed by atoms with E-state index in [1.54, 1.807) is 14.2 Å². The molecule has 0 N–H and O–H groups in total. The molecule has 2 aromatic carbocycles. The number of fused-ring (bicyclic) bond motifs is 1. The molecule has 1 aromatic heterocycles. The molecule has 2 aliphatic heterocycles. The molecular weight excluding hydrogens is 406 g/mol. The number of amides is 1. The summed E-state index contributed by atoms with van der Waals surface area (Å²) < 4.78 is 18.9. The fourth-order valence-electron chi connectivity index (χ4n) is 4.91. The standard InChI is InChI=1S/C25H29N3O4/c1-30-21-10-9-17(16-23(21)31-2)24-26-19-6-3-4-7-20(19)28(24)18-11-13-27(14-12-18)25(29)22-8-5-15-32-22/h3-4,6-7,9-10,16,18,22H,5,8,11-15H2,1-2H3. The second-order valence-electron chi connectivity index (χ2n) is 8.42. The summed E-state index contributed by atoms with van der Waals surface area (Å²) in [6, 6.07) is 14.4. The van der Waals surface area contributed by atoms with Crippen LogP contribution in [0.4, 0.5) is 0 Å². The Kier molecular flexibility index (Phi) is 5.74. The van der Waals surface area contributed by atoms with Crippen LogP contribution in [0, 0.1) is 0 Å². The van der Waals surface area contributed by atoms with Crippen molar-refractivity contribution >= 4 is 16.9 Å². The van der Waals surface area contributed by atoms with Gasteiger partial charge in [0.1, 0.15) is 11.9 Å². The molecule has 1 amide bonds. The number of piperidine rings is 1. The molecule has 1 atom stereocenters. The van der Waals surface area contributed by atoms with Gasteiger partial charge in [-0.1, -0.05) is 12.1 Å². The van der Waals surface area contributed by atoms with Crippen LogP contribution in [-0.4, -0.2) is 60.4 Å². The highest BCUT2D eigenvalue weighted by atomic mass is 16.5. The van der Waals surface area contributed by atoms with E-state index in [-0.39, 0.29) is 18.1 Å². The maximum atomic E-state index is 12.8. The quantitative estimate of drug-likeness (QED) is 0.605. The molecule has 3 aromatic rings. The number of methoxy groups -OCH3 is 2. The molecule has 3 heterocycles. The molecule has 2 aliphatic rings. The number of imidazole rings is 1. The second kappa shape index (κ2) is 8.82. The summed E-state index contributed by atoms with van der Waals surface area (Å²) in [6.45, 7) is 2.17. The maximum absolute atomic E-state index is 12.8. The molecule has 32 heavy (non-hydrogen) atoms. The topological polar surface area (TPSA) is 65.8 Å². The van der Waals surface area contributed by atoms with Gasteiger partial charge in [0.05, 0.1) is 25.3 Å². The molecule has 0 spiro atoms. The number of carbonyl (C=O) groups excluding carboxylic acids is 1. The molecule has 2 fully saturated rings. The van der Waals surface area contributed by atoms with Crippen molar-refractivity contribution in [3.63, 3.8) is 0 Å². The number of ether oxygens (including phenoxy) is 3. The molecule has 5 rings (SSSR count). The average molecular weight is 436 g/mol. The molecule has 2 saturated heterocycles. The Morgan fingerprint density at radius 1 is 1.03 bits per heavy atom. The van der Waals surface area contributed by atoms with E-state index in [2.05, 4.69) is 16.7 Å². The van der Waals surface area contributed by atoms with Crippen LogP contribution in [0.1, 0.15) is 31.7 Å². The zero-order valence-electron chi connectivity index (χ0n) is 18.6. The van der Waals surface area contributed by atoms with Crippen LogP contribution in [0.25, 0.3) is 22.4 Å². The third kappa shape index (κ3) is 3.71. The summed E-state index contributed by atoms with van der Waals surface area (Å²) in [6.07, 6.45) is 3.35. The lowest BCUT2D eigenvalue weighted by molar-refractivity contribution is -0.142. The van der Waals surface area contributed by atoms with Gasteiger partial charge in [-0.05, 0) is 56.0 Å². The highest BCUT2D eigenvalue weighted by molar-refractivity contribution is 5.82. The summed E-state index contributed by atoms with van der Waals surface area (Å²) in [7, 11) is 3.28. The van der Waals surface area contributed by atoms with Crippen LogP contribution >= 0.6 is 0 Å². The van der Waals surface area contributed by atoms with Crippen molar-refractivity contribution in [1.29, 1.82) is 0 Å². The predicted octanol–water partition coefficient (Wildman–Crippen LogP) is 4.06. The summed E-state index contributed by atoms with van der Waals surface area (Å²) in [5.41, 5.74) is 3.06. The van der Waals surface area contributed by atoms with Crippen LogP contribution in [0.15, 0.2) is 42.5 Å². The first-order chi connectivity index (χ1) is 15.7. The van der Waals surface area contributed by atoms with Gasteiger partial charge >= 0.3 is 0 Å². The molecule has 0 saturated carbocycles. The summed E-state index contributed by atoms with van der Waals surface area (Å²) in [4.78, 5) is 19.7. The minimum absolute atomic E-state index is 0.150. The smallest absolute Gasteiger partial charge is 0.251 e. The highest BCUT2D eigenvalue weighted by Gasteiger charge is 2.32. The highest BCUT2D eigenvalue weighted by Crippen LogP contribution is 2.37. The number of carbonyl (C=O) groups is 1. The Bertz CT molecular complexity index is 1110. The zero-order chi connectivity index (χ0) is 22.1. The average Bonchev–Trinajstić information content (AvgIpc) is 3.51. The second-order valence-corrected chi connectivity index (χ2v) is 8.42. The van der Waals surface area contributed by atoms with Crippen LogP contribution < -0.4 is 9.47 Å². The van der Waals surface area contributed by atoms with Crippen LogP contribution in [0.2, 0.25) is 0 Å². The van der Waals surface area contributed by atoms with Crippen molar-refractivity contribution in [1.82, 2.24) is 14.5 Å². The number of rotatable bonds is 5. The Morgan fingerprint density at radius 2 is 1.81 bits per heavy atom. The van der Waals surface area contributed by atoms with Crippen LogP contribution in [0.3, 0.4) is 0 Å². The molecule has 0 bridgehead atoms. The first-order valence-electron chi connectivity index (χ1n) is 11.3. The van der Waals surface area contributed by atoms with Gasteiger partial charge in [0, 0.05) is 31.3 Å². The lowest BCUT2D eigenvalue weighted by Gasteiger charge is -2.34. The van der Waals surface area contributed by atoms with Crippen molar-refractivity contribution < 1.29 is 19.0 Å². The van der Waals surface area contributed by atoms with Gasteiger partial charge in [-0.3, -0.25) is 4.79 Å². The fraction of sp³-hybridized carbons (Fsp3) is 0.440. The molecule has 168 valence electrons. The first-order valence-corrected chi connectivity index (χ1v) is 11.3. The third-order valence-corrected chi connectivity index (χ3v) is 6.58. The van der Waals surface area contributed by atoms with E-state index in [1.165, 1.54) is 0 Å². The lowest BCUT2D eigenvalue weighted by Crippen LogP contribution is -2.44. The number of hydrogen-bond acceptors (Lipinski definition) is 5. The molecule has 0 aliphatic carbocycles. The van der Waals surface area contributed by atoms with E-state index in [1.807, 2.05) is 35.2 Å². The number of hydrogen-bond donors (Lipinski definition) is 0. The Hall–Kier alpha value is -3.06. The van der Waals surface area contributed by atoms with Crippen LogP contribution in [0.5, 0.6) is 11.5 Å². The van der Waals surface area contributed by atoms with Gasteiger partial charge in [0.25, 0.3) is 5.91 Å². The van der Waals surface area contributed by atoms with E-state index in [0.717, 1.165) is 61.2 Å². The van der Waals surface area contributed by atoms with Gasteiger partial charge in [0.2, 0.25) is 0 Å². The Balaban J connectivity index is 1.46. The lowest BCUT2D eigenvalue weighted by atomic mass is 10.0. The molecule has 1 unspecified atom stereocenters. The fourth-order valence-corrected chi connectivity index (χ4v) is 4.91. The van der Waals surface area contributed by atoms with Gasteiger partial charge in [0.15, 0.2) is 11.5 Å². The Morgan fingerprint density at radius 3 is 2.53 bits per heavy atom. The number of likely N-dealkylation sites (tertiary alicyclic amines) is 1. The zero-order valence-corrected chi connectivity index (χ0v) is 18.6. The third-order valence-electron chi connectivity index (χ3n) is 6.58. The minimum Gasteiger partial charge on any atom is -0.493 e. The van der Waals surface area contributed by atoms with Crippen molar-refractivity contribution in [2.75, 3.05) is 33.9 Å². The van der Waals surface area contributed by atoms with E-state index < -0.39 is 0 Å². The van der Waals surface area contributed by atoms with Crippen LogP contribution in [-0.2, 0) is 9.53 Å². The van der Waals surface area contributed by atoms with Crippen molar-refractivity contribution in [3.8, 4) is 22.9 Å².